The summed E-state index contributed by atoms with van der Waals surface area (Å²) in [6.45, 7) is 1.82. The molecule has 3 rings (SSSR count). The van der Waals surface area contributed by atoms with Gasteiger partial charge in [0.1, 0.15) is 0 Å². The number of hydrogen-bond donors (Lipinski definition) is 0. The summed E-state index contributed by atoms with van der Waals surface area (Å²) in [5.74, 6) is 0. The fourth-order valence-corrected chi connectivity index (χ4v) is 2.62. The molecule has 0 heterocycles. The SMILES string of the molecule is COCCOCc1cc2ccccc2cc1-c1ccccc1. The molecule has 0 aliphatic rings. The average Bonchev–Trinajstić information content (AvgIpc) is 2.59. The quantitative estimate of drug-likeness (QED) is 0.615. The molecule has 0 bridgehead atoms. The number of hydrogen-bond acceptors (Lipinski definition) is 2. The normalized spacial score (nSPS) is 11.0. The van der Waals surface area contributed by atoms with Crippen molar-refractivity contribution in [1.82, 2.24) is 0 Å². The molecule has 0 amide bonds. The molecule has 0 N–H and O–H groups in total. The van der Waals surface area contributed by atoms with Crippen molar-refractivity contribution in [2.75, 3.05) is 20.3 Å². The minimum atomic E-state index is 0.596. The van der Waals surface area contributed by atoms with E-state index in [9.17, 15) is 0 Å². The predicted octanol–water partition coefficient (Wildman–Crippen LogP) is 4.67. The van der Waals surface area contributed by atoms with Crippen LogP contribution in [0.5, 0.6) is 0 Å². The lowest BCUT2D eigenvalue weighted by molar-refractivity contribution is 0.0619. The maximum absolute atomic E-state index is 5.75. The van der Waals surface area contributed by atoms with Crippen molar-refractivity contribution in [1.29, 1.82) is 0 Å². The van der Waals surface area contributed by atoms with Gasteiger partial charge in [-0.25, -0.2) is 0 Å². The molecule has 3 aromatic rings. The first-order valence-electron chi connectivity index (χ1n) is 7.52. The first-order valence-corrected chi connectivity index (χ1v) is 7.52. The second-order valence-corrected chi connectivity index (χ2v) is 5.27. The zero-order valence-electron chi connectivity index (χ0n) is 12.8. The van der Waals surface area contributed by atoms with Gasteiger partial charge >= 0.3 is 0 Å². The van der Waals surface area contributed by atoms with E-state index in [0.717, 1.165) is 0 Å². The number of fused-ring (bicyclic) bond motifs is 1. The van der Waals surface area contributed by atoms with Gasteiger partial charge in [0.2, 0.25) is 0 Å². The second-order valence-electron chi connectivity index (χ2n) is 5.27. The van der Waals surface area contributed by atoms with Gasteiger partial charge < -0.3 is 9.47 Å². The number of ether oxygens (including phenoxy) is 2. The van der Waals surface area contributed by atoms with E-state index in [1.54, 1.807) is 7.11 Å². The maximum atomic E-state index is 5.75. The molecule has 2 heteroatoms. The highest BCUT2D eigenvalue weighted by atomic mass is 16.5. The lowest BCUT2D eigenvalue weighted by atomic mass is 9.96. The maximum Gasteiger partial charge on any atom is 0.0724 e. The van der Waals surface area contributed by atoms with Gasteiger partial charge in [-0.15, -0.1) is 0 Å². The topological polar surface area (TPSA) is 18.5 Å². The number of methoxy groups -OCH3 is 1. The minimum Gasteiger partial charge on any atom is -0.382 e. The molecule has 0 saturated heterocycles. The Morgan fingerprint density at radius 2 is 1.45 bits per heavy atom. The molecule has 0 spiro atoms. The van der Waals surface area contributed by atoms with Crippen molar-refractivity contribution in [2.24, 2.45) is 0 Å². The van der Waals surface area contributed by atoms with Gasteiger partial charge in [0.25, 0.3) is 0 Å². The van der Waals surface area contributed by atoms with E-state index >= 15 is 0 Å². The Hall–Kier alpha value is -2.16. The van der Waals surface area contributed by atoms with Crippen molar-refractivity contribution in [2.45, 2.75) is 6.61 Å². The highest BCUT2D eigenvalue weighted by molar-refractivity contribution is 5.89. The third-order valence-electron chi connectivity index (χ3n) is 3.75. The number of benzene rings is 3. The van der Waals surface area contributed by atoms with Crippen molar-refractivity contribution < 1.29 is 9.47 Å². The van der Waals surface area contributed by atoms with Gasteiger partial charge in [-0.1, -0.05) is 54.6 Å². The average molecular weight is 292 g/mol. The van der Waals surface area contributed by atoms with E-state index in [2.05, 4.69) is 60.7 Å². The van der Waals surface area contributed by atoms with Crippen LogP contribution in [0.3, 0.4) is 0 Å². The Morgan fingerprint density at radius 1 is 0.773 bits per heavy atom. The van der Waals surface area contributed by atoms with E-state index in [0.29, 0.717) is 19.8 Å². The van der Waals surface area contributed by atoms with Crippen LogP contribution in [0.25, 0.3) is 21.9 Å². The summed E-state index contributed by atoms with van der Waals surface area (Å²) in [7, 11) is 1.69. The van der Waals surface area contributed by atoms with Gasteiger partial charge in [0.05, 0.1) is 19.8 Å². The molecule has 0 atom stereocenters. The number of rotatable bonds is 6. The van der Waals surface area contributed by atoms with Crippen LogP contribution in [0.15, 0.2) is 66.7 Å². The summed E-state index contributed by atoms with van der Waals surface area (Å²) in [5, 5.41) is 2.49. The Kier molecular flexibility index (Phi) is 4.84. The van der Waals surface area contributed by atoms with Crippen LogP contribution in [0.1, 0.15) is 5.56 Å². The van der Waals surface area contributed by atoms with Gasteiger partial charge in [0, 0.05) is 7.11 Å². The van der Waals surface area contributed by atoms with E-state index in [1.165, 1.54) is 27.5 Å². The van der Waals surface area contributed by atoms with Gasteiger partial charge in [-0.05, 0) is 39.6 Å². The van der Waals surface area contributed by atoms with Crippen molar-refractivity contribution >= 4 is 10.8 Å². The first-order chi connectivity index (χ1) is 10.9. The molecule has 2 nitrogen and oxygen atoms in total. The first kappa shape index (κ1) is 14.8. The predicted molar refractivity (Wildman–Crippen MR) is 90.9 cm³/mol. The molecule has 112 valence electrons. The lowest BCUT2D eigenvalue weighted by Crippen LogP contribution is -2.02. The summed E-state index contributed by atoms with van der Waals surface area (Å²) < 4.78 is 10.8. The molecule has 22 heavy (non-hydrogen) atoms. The Balaban J connectivity index is 1.99. The van der Waals surface area contributed by atoms with Crippen LogP contribution >= 0.6 is 0 Å². The Labute approximate surface area is 131 Å². The van der Waals surface area contributed by atoms with E-state index in [-0.39, 0.29) is 0 Å². The smallest absolute Gasteiger partial charge is 0.0724 e. The van der Waals surface area contributed by atoms with Gasteiger partial charge in [0.15, 0.2) is 0 Å². The molecular weight excluding hydrogens is 272 g/mol. The second kappa shape index (κ2) is 7.21. The van der Waals surface area contributed by atoms with Crippen LogP contribution in [0, 0.1) is 0 Å². The minimum absolute atomic E-state index is 0.596. The van der Waals surface area contributed by atoms with Crippen molar-refractivity contribution in [3.05, 3.63) is 72.3 Å². The van der Waals surface area contributed by atoms with E-state index < -0.39 is 0 Å². The van der Waals surface area contributed by atoms with Crippen molar-refractivity contribution in [3.8, 4) is 11.1 Å². The molecule has 0 radical (unpaired) electrons. The summed E-state index contributed by atoms with van der Waals surface area (Å²) >= 11 is 0. The summed E-state index contributed by atoms with van der Waals surface area (Å²) in [6, 6.07) is 23.4. The largest absolute Gasteiger partial charge is 0.382 e. The monoisotopic (exact) mass is 292 g/mol. The molecule has 3 aromatic carbocycles. The fraction of sp³-hybridized carbons (Fsp3) is 0.200. The molecule has 0 aliphatic carbocycles. The highest BCUT2D eigenvalue weighted by Gasteiger charge is 2.07. The van der Waals surface area contributed by atoms with Gasteiger partial charge in [-0.2, -0.15) is 0 Å². The van der Waals surface area contributed by atoms with Crippen molar-refractivity contribution in [3.63, 3.8) is 0 Å². The van der Waals surface area contributed by atoms with Crippen LogP contribution in [-0.4, -0.2) is 20.3 Å². The molecule has 0 aromatic heterocycles. The lowest BCUT2D eigenvalue weighted by Gasteiger charge is -2.12. The zero-order valence-corrected chi connectivity index (χ0v) is 12.8. The van der Waals surface area contributed by atoms with Crippen LogP contribution < -0.4 is 0 Å². The van der Waals surface area contributed by atoms with E-state index in [4.69, 9.17) is 9.47 Å². The fourth-order valence-electron chi connectivity index (χ4n) is 2.62. The molecule has 0 fully saturated rings. The summed E-state index contributed by atoms with van der Waals surface area (Å²) in [5.41, 5.74) is 3.66. The zero-order chi connectivity index (χ0) is 15.2. The Morgan fingerprint density at radius 3 is 2.18 bits per heavy atom. The molecule has 0 unspecified atom stereocenters. The third-order valence-corrected chi connectivity index (χ3v) is 3.75. The standard InChI is InChI=1S/C20H20O2/c1-21-11-12-22-15-19-13-17-9-5-6-10-18(17)14-20(19)16-7-3-2-4-8-16/h2-10,13-14H,11-12,15H2,1H3. The summed E-state index contributed by atoms with van der Waals surface area (Å²) in [4.78, 5) is 0. The van der Waals surface area contributed by atoms with E-state index in [1.807, 2.05) is 6.07 Å². The Bertz CT molecular complexity index is 735. The molecular formula is C20H20O2. The van der Waals surface area contributed by atoms with Crippen LogP contribution in [0.2, 0.25) is 0 Å². The van der Waals surface area contributed by atoms with Crippen LogP contribution in [0.4, 0.5) is 0 Å². The highest BCUT2D eigenvalue weighted by Crippen LogP contribution is 2.29. The molecule has 0 saturated carbocycles. The van der Waals surface area contributed by atoms with Gasteiger partial charge in [-0.3, -0.25) is 0 Å². The third kappa shape index (κ3) is 3.35. The summed E-state index contributed by atoms with van der Waals surface area (Å²) in [6.07, 6.45) is 0. The van der Waals surface area contributed by atoms with Crippen LogP contribution in [-0.2, 0) is 16.1 Å². The molecule has 0 aliphatic heterocycles.